The smallest absolute Gasteiger partial charge is 0.168 e. The lowest BCUT2D eigenvalue weighted by Gasteiger charge is -2.03. The lowest BCUT2D eigenvalue weighted by molar-refractivity contribution is -0.126. The Kier molecular flexibility index (Phi) is 2.95. The molecule has 0 amide bonds. The van der Waals surface area contributed by atoms with Crippen LogP contribution in [-0.4, -0.2) is 22.1 Å². The zero-order valence-corrected chi connectivity index (χ0v) is 5.29. The first-order chi connectivity index (χ1) is 4.09. The molecule has 0 aliphatic rings. The minimum absolute atomic E-state index is 0.209. The first-order valence-corrected chi connectivity index (χ1v) is 2.68. The Morgan fingerprint density at radius 3 is 2.33 bits per heavy atom. The largest absolute Gasteiger partial charge is 0.510 e. The summed E-state index contributed by atoms with van der Waals surface area (Å²) in [5, 5.41) is 17.2. The van der Waals surface area contributed by atoms with Crippen molar-refractivity contribution in [3.05, 3.63) is 12.3 Å². The molecule has 0 aromatic carbocycles. The summed E-state index contributed by atoms with van der Waals surface area (Å²) in [6.45, 7) is 4.61. The molecule has 52 valence electrons. The van der Waals surface area contributed by atoms with Crippen LogP contribution in [0.25, 0.3) is 0 Å². The molecule has 0 radical (unpaired) electrons. The van der Waals surface area contributed by atoms with Gasteiger partial charge in [-0.05, 0) is 0 Å². The maximum Gasteiger partial charge on any atom is 0.168 e. The Balaban J connectivity index is 3.88. The Hall–Kier alpha value is -0.830. The predicted octanol–water partition coefficient (Wildman–Crippen LogP) is 0.398. The van der Waals surface area contributed by atoms with Crippen molar-refractivity contribution >= 4 is 5.78 Å². The second kappa shape index (κ2) is 3.25. The molecule has 9 heavy (non-hydrogen) atoms. The van der Waals surface area contributed by atoms with Gasteiger partial charge in [0.2, 0.25) is 0 Å². The number of ketones is 1. The van der Waals surface area contributed by atoms with E-state index in [0.717, 1.165) is 0 Å². The van der Waals surface area contributed by atoms with E-state index in [-0.39, 0.29) is 6.42 Å². The number of carbonyl (C=O) groups excluding carboxylic acids is 1. The van der Waals surface area contributed by atoms with Crippen LogP contribution < -0.4 is 0 Å². The highest BCUT2D eigenvalue weighted by atomic mass is 16.3. The van der Waals surface area contributed by atoms with Gasteiger partial charge in [0, 0.05) is 6.42 Å². The minimum Gasteiger partial charge on any atom is -0.510 e. The molecule has 1 unspecified atom stereocenters. The first-order valence-electron chi connectivity index (χ1n) is 2.68. The van der Waals surface area contributed by atoms with E-state index >= 15 is 0 Å². The number of carbonyl (C=O) groups is 1. The van der Waals surface area contributed by atoms with E-state index in [2.05, 4.69) is 6.58 Å². The van der Waals surface area contributed by atoms with Crippen molar-refractivity contribution in [1.29, 1.82) is 0 Å². The summed E-state index contributed by atoms with van der Waals surface area (Å²) in [6.07, 6.45) is -1.18. The van der Waals surface area contributed by atoms with Crippen LogP contribution in [0.3, 0.4) is 0 Å². The van der Waals surface area contributed by atoms with Crippen LogP contribution >= 0.6 is 0 Å². The van der Waals surface area contributed by atoms with Crippen LogP contribution in [-0.2, 0) is 4.79 Å². The van der Waals surface area contributed by atoms with Crippen LogP contribution in [0.5, 0.6) is 0 Å². The van der Waals surface area contributed by atoms with Crippen molar-refractivity contribution in [3.8, 4) is 0 Å². The van der Waals surface area contributed by atoms with Crippen molar-refractivity contribution in [2.24, 2.45) is 0 Å². The lowest BCUT2D eigenvalue weighted by Crippen LogP contribution is -2.20. The van der Waals surface area contributed by atoms with Gasteiger partial charge in [-0.1, -0.05) is 13.5 Å². The van der Waals surface area contributed by atoms with Crippen molar-refractivity contribution in [1.82, 2.24) is 0 Å². The van der Waals surface area contributed by atoms with Gasteiger partial charge < -0.3 is 10.2 Å². The molecule has 0 fully saturated rings. The summed E-state index contributed by atoms with van der Waals surface area (Å²) in [5.41, 5.74) is 0. The zero-order valence-electron chi connectivity index (χ0n) is 5.29. The van der Waals surface area contributed by atoms with E-state index in [9.17, 15) is 4.79 Å². The highest BCUT2D eigenvalue weighted by Gasteiger charge is 2.14. The van der Waals surface area contributed by atoms with Crippen molar-refractivity contribution in [2.75, 3.05) is 0 Å². The Labute approximate surface area is 53.6 Å². The fraction of sp³-hybridized carbons (Fsp3) is 0.500. The standard InChI is InChI=1S/C6H10O3/c1-3-5(8)6(9)4(2)7/h6-7,9H,2-3H2,1H3. The van der Waals surface area contributed by atoms with Crippen LogP contribution in [0.15, 0.2) is 12.3 Å². The van der Waals surface area contributed by atoms with Gasteiger partial charge in [0.15, 0.2) is 11.9 Å². The molecule has 0 aromatic rings. The average Bonchev–Trinajstić information content (AvgIpc) is 1.84. The topological polar surface area (TPSA) is 57.5 Å². The van der Waals surface area contributed by atoms with E-state index in [1.54, 1.807) is 6.92 Å². The van der Waals surface area contributed by atoms with Gasteiger partial charge in [-0.3, -0.25) is 4.79 Å². The van der Waals surface area contributed by atoms with Crippen molar-refractivity contribution in [3.63, 3.8) is 0 Å². The Bertz CT molecular complexity index is 128. The molecule has 0 heterocycles. The minimum atomic E-state index is -1.39. The van der Waals surface area contributed by atoms with Crippen LogP contribution in [0, 0.1) is 0 Å². The molecule has 0 aliphatic heterocycles. The summed E-state index contributed by atoms with van der Waals surface area (Å²) in [5.74, 6) is -0.899. The molecule has 2 N–H and O–H groups in total. The third-order valence-electron chi connectivity index (χ3n) is 0.969. The molecule has 3 nitrogen and oxygen atoms in total. The van der Waals surface area contributed by atoms with E-state index in [4.69, 9.17) is 10.2 Å². The highest BCUT2D eigenvalue weighted by molar-refractivity contribution is 5.84. The number of aliphatic hydroxyl groups is 2. The number of aliphatic hydroxyl groups excluding tert-OH is 2. The fourth-order valence-electron chi connectivity index (χ4n) is 0.379. The van der Waals surface area contributed by atoms with E-state index in [1.807, 2.05) is 0 Å². The molecular formula is C6H10O3. The molecule has 0 saturated carbocycles. The van der Waals surface area contributed by atoms with Gasteiger partial charge in [0.1, 0.15) is 5.76 Å². The van der Waals surface area contributed by atoms with Gasteiger partial charge in [-0.2, -0.15) is 0 Å². The van der Waals surface area contributed by atoms with Gasteiger partial charge in [-0.25, -0.2) is 0 Å². The summed E-state index contributed by atoms with van der Waals surface area (Å²) in [6, 6.07) is 0. The van der Waals surface area contributed by atoms with Crippen LogP contribution in [0.1, 0.15) is 13.3 Å². The first kappa shape index (κ1) is 8.17. The molecule has 0 rings (SSSR count). The summed E-state index contributed by atoms with van der Waals surface area (Å²) in [7, 11) is 0. The van der Waals surface area contributed by atoms with Gasteiger partial charge in [-0.15, -0.1) is 0 Å². The third kappa shape index (κ3) is 2.28. The van der Waals surface area contributed by atoms with Crippen molar-refractivity contribution < 1.29 is 15.0 Å². The molecule has 0 bridgehead atoms. The Morgan fingerprint density at radius 1 is 1.78 bits per heavy atom. The summed E-state index contributed by atoms with van der Waals surface area (Å²) in [4.78, 5) is 10.5. The number of hydrogen-bond acceptors (Lipinski definition) is 3. The second-order valence-electron chi connectivity index (χ2n) is 1.71. The number of hydrogen-bond donors (Lipinski definition) is 2. The van der Waals surface area contributed by atoms with Gasteiger partial charge in [0.05, 0.1) is 0 Å². The fourth-order valence-corrected chi connectivity index (χ4v) is 0.379. The number of Topliss-reactive ketones (excluding diaryl/α,β-unsaturated/α-hetero) is 1. The maximum atomic E-state index is 10.5. The van der Waals surface area contributed by atoms with Crippen LogP contribution in [0.4, 0.5) is 0 Å². The molecule has 0 saturated heterocycles. The molecule has 3 heteroatoms. The Morgan fingerprint density at radius 2 is 2.22 bits per heavy atom. The molecule has 0 aromatic heterocycles. The van der Waals surface area contributed by atoms with E-state index in [1.165, 1.54) is 0 Å². The van der Waals surface area contributed by atoms with E-state index < -0.39 is 17.6 Å². The van der Waals surface area contributed by atoms with Crippen molar-refractivity contribution in [2.45, 2.75) is 19.4 Å². The molecule has 1 atom stereocenters. The third-order valence-corrected chi connectivity index (χ3v) is 0.969. The van der Waals surface area contributed by atoms with Gasteiger partial charge in [0.25, 0.3) is 0 Å². The number of rotatable bonds is 3. The summed E-state index contributed by atoms with van der Waals surface area (Å²) < 4.78 is 0. The predicted molar refractivity (Wildman–Crippen MR) is 33.1 cm³/mol. The molecular weight excluding hydrogens is 120 g/mol. The van der Waals surface area contributed by atoms with Crippen LogP contribution in [0.2, 0.25) is 0 Å². The quantitative estimate of drug-likeness (QED) is 0.543. The van der Waals surface area contributed by atoms with E-state index in [0.29, 0.717) is 0 Å². The summed E-state index contributed by atoms with van der Waals surface area (Å²) >= 11 is 0. The monoisotopic (exact) mass is 130 g/mol. The normalized spacial score (nSPS) is 12.7. The molecule has 0 aliphatic carbocycles. The van der Waals surface area contributed by atoms with Gasteiger partial charge >= 0.3 is 0 Å². The second-order valence-corrected chi connectivity index (χ2v) is 1.71. The lowest BCUT2D eigenvalue weighted by atomic mass is 10.2. The highest BCUT2D eigenvalue weighted by Crippen LogP contribution is 1.97. The zero-order chi connectivity index (χ0) is 7.44. The molecule has 0 spiro atoms. The SMILES string of the molecule is C=C(O)C(O)C(=O)CC. The maximum absolute atomic E-state index is 10.5. The average molecular weight is 130 g/mol.